The fraction of sp³-hybridized carbons (Fsp3) is 0.609. The zero-order valence-corrected chi connectivity index (χ0v) is 17.4. The van der Waals surface area contributed by atoms with Crippen LogP contribution in [0.3, 0.4) is 0 Å². The molecule has 1 aliphatic carbocycles. The number of hydrogen-bond acceptors (Lipinski definition) is 2. The highest BCUT2D eigenvalue weighted by molar-refractivity contribution is 8.14. The van der Waals surface area contributed by atoms with E-state index in [4.69, 9.17) is 0 Å². The summed E-state index contributed by atoms with van der Waals surface area (Å²) in [7, 11) is 0. The van der Waals surface area contributed by atoms with E-state index >= 15 is 0 Å². The van der Waals surface area contributed by atoms with E-state index in [-0.39, 0.29) is 5.41 Å². The van der Waals surface area contributed by atoms with Crippen molar-refractivity contribution in [3.8, 4) is 0 Å². The first-order valence-corrected chi connectivity index (χ1v) is 11.4. The summed E-state index contributed by atoms with van der Waals surface area (Å²) in [6, 6.07) is 9.07. The predicted octanol–water partition coefficient (Wildman–Crippen LogP) is 5.43. The van der Waals surface area contributed by atoms with Crippen molar-refractivity contribution in [3.63, 3.8) is 0 Å². The second-order valence-electron chi connectivity index (χ2n) is 8.53. The normalized spacial score (nSPS) is 24.1. The lowest BCUT2D eigenvalue weighted by Gasteiger charge is -2.28. The number of allylic oxidation sites excluding steroid dienone is 1. The first-order valence-electron chi connectivity index (χ1n) is 10.4. The van der Waals surface area contributed by atoms with E-state index in [1.54, 1.807) is 0 Å². The highest BCUT2D eigenvalue weighted by Gasteiger charge is 2.41. The summed E-state index contributed by atoms with van der Waals surface area (Å²) in [6.45, 7) is 10.6. The van der Waals surface area contributed by atoms with Crippen molar-refractivity contribution in [1.29, 1.82) is 0 Å². The molecule has 1 aromatic rings. The molecule has 0 amide bonds. The summed E-state index contributed by atoms with van der Waals surface area (Å²) in [5, 5.41) is 1.47. The quantitative estimate of drug-likeness (QED) is 0.639. The lowest BCUT2D eigenvalue weighted by atomic mass is 9.84. The zero-order valence-electron chi connectivity index (χ0n) is 16.6. The maximum absolute atomic E-state index is 2.65. The molecule has 1 saturated carbocycles. The molecule has 0 radical (unpaired) electrons. The molecule has 0 N–H and O–H groups in total. The van der Waals surface area contributed by atoms with Crippen LogP contribution in [0.4, 0.5) is 5.69 Å². The van der Waals surface area contributed by atoms with E-state index in [0.29, 0.717) is 0 Å². The molecule has 3 heteroatoms. The van der Waals surface area contributed by atoms with Gasteiger partial charge in [-0.15, -0.1) is 0 Å². The second kappa shape index (κ2) is 7.42. The van der Waals surface area contributed by atoms with Crippen LogP contribution in [-0.4, -0.2) is 35.0 Å². The molecule has 2 heterocycles. The second-order valence-corrected chi connectivity index (χ2v) is 9.64. The smallest absolute Gasteiger partial charge is 0.236 e. The van der Waals surface area contributed by atoms with E-state index in [0.717, 1.165) is 12.5 Å². The van der Waals surface area contributed by atoms with Gasteiger partial charge < -0.3 is 4.90 Å². The van der Waals surface area contributed by atoms with E-state index in [2.05, 4.69) is 60.6 Å². The molecule has 3 aliphatic rings. The molecule has 0 spiro atoms. The molecule has 2 aliphatic heterocycles. The summed E-state index contributed by atoms with van der Waals surface area (Å²) < 4.78 is 2.53. The minimum atomic E-state index is 0.0851. The molecule has 1 fully saturated rings. The van der Waals surface area contributed by atoms with Crippen molar-refractivity contribution in [2.45, 2.75) is 58.3 Å². The van der Waals surface area contributed by atoms with Gasteiger partial charge in [-0.3, -0.25) is 0 Å². The Bertz CT molecular complexity index is 725. The van der Waals surface area contributed by atoms with Crippen LogP contribution in [0.2, 0.25) is 0 Å². The number of anilines is 1. The van der Waals surface area contributed by atoms with Crippen LogP contribution in [0, 0.1) is 5.92 Å². The zero-order chi connectivity index (χ0) is 18.1. The standard InChI is InChI=1S/C23H33N2S/c1-4-24-15-16-26-22(24)17-21-23(2,3)19-11-7-8-12-20(19)25(21)14-13-18-9-5-6-10-18/h7-8,11-12,17-18H,4-6,9-10,13-16H2,1-3H3/q+1. The molecule has 0 bridgehead atoms. The number of para-hydroxylation sites is 1. The molecule has 0 saturated heterocycles. The lowest BCUT2D eigenvalue weighted by molar-refractivity contribution is -0.513. The average Bonchev–Trinajstić information content (AvgIpc) is 3.35. The van der Waals surface area contributed by atoms with Gasteiger partial charge in [0, 0.05) is 29.4 Å². The Morgan fingerprint density at radius 3 is 2.77 bits per heavy atom. The van der Waals surface area contributed by atoms with Crippen LogP contribution in [0.1, 0.15) is 58.4 Å². The number of thioether (sulfide) groups is 1. The molecule has 26 heavy (non-hydrogen) atoms. The average molecular weight is 370 g/mol. The van der Waals surface area contributed by atoms with E-state index in [1.807, 2.05) is 11.8 Å². The Morgan fingerprint density at radius 2 is 2.00 bits per heavy atom. The van der Waals surface area contributed by atoms with Gasteiger partial charge in [-0.05, 0) is 30.9 Å². The number of rotatable bonds is 5. The van der Waals surface area contributed by atoms with Crippen LogP contribution in [0.5, 0.6) is 0 Å². The third-order valence-corrected chi connectivity index (χ3v) is 7.66. The monoisotopic (exact) mass is 369 g/mol. The first-order chi connectivity index (χ1) is 12.6. The molecule has 0 unspecified atom stereocenters. The summed E-state index contributed by atoms with van der Waals surface area (Å²) >= 11 is 2.03. The van der Waals surface area contributed by atoms with E-state index in [1.165, 1.54) is 72.9 Å². The van der Waals surface area contributed by atoms with Gasteiger partial charge in [0.25, 0.3) is 0 Å². The number of hydrogen-bond donors (Lipinski definition) is 0. The van der Waals surface area contributed by atoms with Gasteiger partial charge in [-0.1, -0.05) is 69.5 Å². The first kappa shape index (κ1) is 18.2. The largest absolute Gasteiger partial charge is 0.344 e. The lowest BCUT2D eigenvalue weighted by Crippen LogP contribution is -2.29. The molecule has 2 nitrogen and oxygen atoms in total. The van der Waals surface area contributed by atoms with Crippen LogP contribution >= 0.6 is 11.8 Å². The predicted molar refractivity (Wildman–Crippen MR) is 115 cm³/mol. The fourth-order valence-electron chi connectivity index (χ4n) is 4.98. The van der Waals surface area contributed by atoms with Gasteiger partial charge in [0.15, 0.2) is 6.54 Å². The van der Waals surface area contributed by atoms with Crippen molar-refractivity contribution in [2.24, 2.45) is 5.92 Å². The van der Waals surface area contributed by atoms with Gasteiger partial charge in [0.1, 0.15) is 6.54 Å². The van der Waals surface area contributed by atoms with Crippen molar-refractivity contribution in [2.75, 3.05) is 30.3 Å². The number of fused-ring (bicyclic) bond motifs is 1. The van der Waals surface area contributed by atoms with Crippen LogP contribution in [-0.2, 0) is 5.41 Å². The maximum atomic E-state index is 2.65. The SMILES string of the molecule is CC[N+]1=C(/C=C2/N(CCC3CCCC3)c3ccccc3C2(C)C)SCC1. The molecule has 140 valence electrons. The number of nitrogens with zero attached hydrogens (tertiary/aromatic N) is 2. The van der Waals surface area contributed by atoms with Crippen molar-refractivity contribution in [3.05, 3.63) is 41.6 Å². The van der Waals surface area contributed by atoms with Gasteiger partial charge in [0.05, 0.1) is 5.75 Å². The topological polar surface area (TPSA) is 6.25 Å². The third-order valence-electron chi connectivity index (χ3n) is 6.60. The third kappa shape index (κ3) is 3.24. The Kier molecular flexibility index (Phi) is 5.18. The molecule has 4 rings (SSSR count). The Labute approximate surface area is 163 Å². The van der Waals surface area contributed by atoms with Gasteiger partial charge >= 0.3 is 0 Å². The van der Waals surface area contributed by atoms with Crippen LogP contribution in [0.15, 0.2) is 36.0 Å². The minimum absolute atomic E-state index is 0.0851. The van der Waals surface area contributed by atoms with E-state index < -0.39 is 0 Å². The van der Waals surface area contributed by atoms with Crippen LogP contribution < -0.4 is 4.90 Å². The molecular weight excluding hydrogens is 336 g/mol. The molecule has 1 aromatic carbocycles. The number of benzene rings is 1. The Hall–Kier alpha value is -1.22. The van der Waals surface area contributed by atoms with Gasteiger partial charge in [0.2, 0.25) is 5.04 Å². The highest BCUT2D eigenvalue weighted by Crippen LogP contribution is 2.48. The summed E-state index contributed by atoms with van der Waals surface area (Å²) in [6.07, 6.45) is 9.60. The van der Waals surface area contributed by atoms with Crippen molar-refractivity contribution >= 4 is 22.5 Å². The summed E-state index contributed by atoms with van der Waals surface area (Å²) in [5.41, 5.74) is 4.51. The van der Waals surface area contributed by atoms with E-state index in [9.17, 15) is 0 Å². The van der Waals surface area contributed by atoms with Gasteiger partial charge in [-0.25, -0.2) is 4.58 Å². The molecular formula is C23H33N2S+. The molecule has 0 atom stereocenters. The Morgan fingerprint density at radius 1 is 1.23 bits per heavy atom. The maximum Gasteiger partial charge on any atom is 0.236 e. The summed E-state index contributed by atoms with van der Waals surface area (Å²) in [5.74, 6) is 2.16. The summed E-state index contributed by atoms with van der Waals surface area (Å²) in [4.78, 5) is 2.65. The fourth-order valence-corrected chi connectivity index (χ4v) is 6.10. The minimum Gasteiger partial charge on any atom is -0.344 e. The van der Waals surface area contributed by atoms with Crippen molar-refractivity contribution in [1.82, 2.24) is 0 Å². The van der Waals surface area contributed by atoms with Crippen LogP contribution in [0.25, 0.3) is 0 Å². The highest BCUT2D eigenvalue weighted by atomic mass is 32.2. The van der Waals surface area contributed by atoms with Crippen molar-refractivity contribution < 1.29 is 4.58 Å². The Balaban J connectivity index is 1.69. The van der Waals surface area contributed by atoms with Gasteiger partial charge in [-0.2, -0.15) is 0 Å². The molecule has 0 aromatic heterocycles.